The van der Waals surface area contributed by atoms with Gasteiger partial charge in [-0.3, -0.25) is 9.36 Å². The summed E-state index contributed by atoms with van der Waals surface area (Å²) in [6, 6.07) is 25.9. The molecule has 6 rings (SSSR count). The number of ether oxygens (including phenoxy) is 3. The number of carbonyl (C=O) groups excluding carboxylic acids is 3. The molecule has 4 unspecified atom stereocenters. The van der Waals surface area contributed by atoms with Crippen LogP contribution in [-0.2, 0) is 25.4 Å². The molecule has 5 atom stereocenters. The quantitative estimate of drug-likeness (QED) is 0.0955. The summed E-state index contributed by atoms with van der Waals surface area (Å²) in [5.41, 5.74) is 2.17. The number of hydrogen-bond donors (Lipinski definition) is 3. The molecule has 13 nitrogen and oxygen atoms in total. The Labute approximate surface area is 295 Å². The van der Waals surface area contributed by atoms with E-state index in [1.54, 1.807) is 67.6 Å². The Morgan fingerprint density at radius 2 is 1.49 bits per heavy atom. The zero-order valence-corrected chi connectivity index (χ0v) is 28.5. The third-order valence-corrected chi connectivity index (χ3v) is 8.34. The van der Waals surface area contributed by atoms with Crippen molar-refractivity contribution >= 4 is 57.4 Å². The van der Waals surface area contributed by atoms with Crippen molar-refractivity contribution in [1.82, 2.24) is 24.8 Å². The van der Waals surface area contributed by atoms with E-state index in [0.29, 0.717) is 27.2 Å². The number of fused-ring (bicyclic) bond motifs is 1. The predicted molar refractivity (Wildman–Crippen MR) is 187 cm³/mol. The maximum absolute atomic E-state index is 13.5. The second-order valence-corrected chi connectivity index (χ2v) is 12.2. The lowest BCUT2D eigenvalue weighted by atomic mass is 10.1. The molecule has 0 bridgehead atoms. The minimum atomic E-state index is -1.35. The number of rotatable bonds is 12. The summed E-state index contributed by atoms with van der Waals surface area (Å²) in [7, 11) is 0. The number of anilines is 1. The number of aromatic nitrogens is 4. The Kier molecular flexibility index (Phi) is 10.8. The van der Waals surface area contributed by atoms with E-state index in [-0.39, 0.29) is 24.3 Å². The Balaban J connectivity index is 1.39. The fourth-order valence-electron chi connectivity index (χ4n) is 5.57. The van der Waals surface area contributed by atoms with Crippen LogP contribution in [0.3, 0.4) is 0 Å². The maximum atomic E-state index is 13.5. The van der Waals surface area contributed by atoms with Crippen molar-refractivity contribution < 1.29 is 33.7 Å². The summed E-state index contributed by atoms with van der Waals surface area (Å²) < 4.78 is 20.2. The van der Waals surface area contributed by atoms with E-state index in [1.165, 1.54) is 10.9 Å². The minimum absolute atomic E-state index is 0.177. The lowest BCUT2D eigenvalue weighted by Gasteiger charge is -2.24. The number of aliphatic hydroxyl groups excluding tert-OH is 1. The summed E-state index contributed by atoms with van der Waals surface area (Å²) in [5, 5.41) is 16.2. The van der Waals surface area contributed by atoms with Crippen molar-refractivity contribution in [2.45, 2.75) is 43.9 Å². The number of halogens is 1. The number of nitrogens with zero attached hydrogens (tertiary/aromatic N) is 4. The fraction of sp³-hybridized carbons (Fsp3) is 0.257. The highest BCUT2D eigenvalue weighted by atomic mass is 127. The molecule has 14 heteroatoms. The van der Waals surface area contributed by atoms with Crippen LogP contribution >= 0.6 is 22.6 Å². The third-order valence-electron chi connectivity index (χ3n) is 7.86. The van der Waals surface area contributed by atoms with E-state index < -0.39 is 48.4 Å². The summed E-state index contributed by atoms with van der Waals surface area (Å²) in [5.74, 6) is -1.62. The average molecular weight is 777 g/mol. The number of benzene rings is 3. The van der Waals surface area contributed by atoms with Gasteiger partial charge in [-0.2, -0.15) is 0 Å². The first-order valence-electron chi connectivity index (χ1n) is 15.6. The molecule has 3 aromatic carbocycles. The third kappa shape index (κ3) is 7.71. The molecule has 0 saturated carbocycles. The molecule has 1 aliphatic rings. The number of esters is 2. The molecule has 0 spiro atoms. The van der Waals surface area contributed by atoms with E-state index in [4.69, 9.17) is 14.2 Å². The topological polar surface area (TPSA) is 167 Å². The van der Waals surface area contributed by atoms with Gasteiger partial charge in [0.15, 0.2) is 45.4 Å². The minimum Gasteiger partial charge on any atom is -0.451 e. The van der Waals surface area contributed by atoms with Gasteiger partial charge in [0.1, 0.15) is 0 Å². The monoisotopic (exact) mass is 776 g/mol. The van der Waals surface area contributed by atoms with Gasteiger partial charge in [0, 0.05) is 29.1 Å². The molecular weight excluding hydrogens is 743 g/mol. The van der Waals surface area contributed by atoms with Gasteiger partial charge in [-0.15, -0.1) is 0 Å². The SMILES string of the molecule is CCNC(=O)C1OC(n2cnc3c(N[C@H](CO)Cc4ccccc4)nc(I)nc32)C(OC(=O)c2ccccc2)C1OC(=O)c1ccccc1. The highest BCUT2D eigenvalue weighted by molar-refractivity contribution is 14.1. The molecule has 5 aromatic rings. The zero-order valence-electron chi connectivity index (χ0n) is 26.3. The normalized spacial score (nSPS) is 19.2. The molecule has 252 valence electrons. The number of carbonyl (C=O) groups is 3. The molecule has 1 fully saturated rings. The molecule has 1 amide bonds. The van der Waals surface area contributed by atoms with Crippen LogP contribution in [0.2, 0.25) is 0 Å². The van der Waals surface area contributed by atoms with Crippen molar-refractivity contribution in [2.75, 3.05) is 18.5 Å². The van der Waals surface area contributed by atoms with Gasteiger partial charge in [0.25, 0.3) is 5.91 Å². The summed E-state index contributed by atoms with van der Waals surface area (Å²) in [6.07, 6.45) is -3.25. The van der Waals surface area contributed by atoms with E-state index in [9.17, 15) is 19.5 Å². The Morgan fingerprint density at radius 1 is 0.898 bits per heavy atom. The largest absolute Gasteiger partial charge is 0.451 e. The summed E-state index contributed by atoms with van der Waals surface area (Å²) in [4.78, 5) is 54.0. The maximum Gasteiger partial charge on any atom is 0.338 e. The van der Waals surface area contributed by atoms with Crippen LogP contribution in [0.25, 0.3) is 11.2 Å². The molecule has 0 radical (unpaired) electrons. The number of hydrogen-bond acceptors (Lipinski definition) is 11. The standard InChI is InChI=1S/C35H33IN6O7/c1-2-37-31(44)27-26(48-33(45)22-14-8-4-9-15-22)28(49-34(46)23-16-10-5-11-17-23)32(47-27)42-20-38-25-29(40-35(36)41-30(25)42)39-24(19-43)18-21-12-6-3-7-13-21/h3-17,20,24,26-28,32,43H,2,18-19H2,1H3,(H,37,44)(H,39,40,41)/t24-,26?,27?,28?,32?/m0/s1. The molecule has 3 N–H and O–H groups in total. The highest BCUT2D eigenvalue weighted by Crippen LogP contribution is 2.37. The van der Waals surface area contributed by atoms with Gasteiger partial charge in [-0.05, 0) is 43.2 Å². The van der Waals surface area contributed by atoms with Gasteiger partial charge in [0.05, 0.1) is 30.1 Å². The van der Waals surface area contributed by atoms with E-state index >= 15 is 0 Å². The van der Waals surface area contributed by atoms with Crippen LogP contribution < -0.4 is 10.6 Å². The number of imidazole rings is 1. The number of nitrogens with one attached hydrogen (secondary N) is 2. The molecule has 1 saturated heterocycles. The van der Waals surface area contributed by atoms with Crippen molar-refractivity contribution in [3.05, 3.63) is 118 Å². The van der Waals surface area contributed by atoms with E-state index in [0.717, 1.165) is 5.56 Å². The number of aliphatic hydroxyl groups is 1. The fourth-order valence-corrected chi connectivity index (χ4v) is 6.03. The van der Waals surface area contributed by atoms with Gasteiger partial charge in [-0.25, -0.2) is 24.5 Å². The smallest absolute Gasteiger partial charge is 0.338 e. The van der Waals surface area contributed by atoms with Gasteiger partial charge < -0.3 is 30.0 Å². The first-order valence-corrected chi connectivity index (χ1v) is 16.7. The molecular formula is C35H33IN6O7. The molecule has 0 aliphatic carbocycles. The van der Waals surface area contributed by atoms with Crippen molar-refractivity contribution in [3.63, 3.8) is 0 Å². The van der Waals surface area contributed by atoms with Crippen molar-refractivity contribution in [1.29, 1.82) is 0 Å². The van der Waals surface area contributed by atoms with Crippen molar-refractivity contribution in [3.8, 4) is 0 Å². The first-order chi connectivity index (χ1) is 23.9. The molecule has 1 aliphatic heterocycles. The molecule has 2 aromatic heterocycles. The predicted octanol–water partition coefficient (Wildman–Crippen LogP) is 3.93. The van der Waals surface area contributed by atoms with Gasteiger partial charge >= 0.3 is 11.9 Å². The van der Waals surface area contributed by atoms with Crippen LogP contribution in [0.15, 0.2) is 97.3 Å². The van der Waals surface area contributed by atoms with Crippen molar-refractivity contribution in [2.24, 2.45) is 0 Å². The van der Waals surface area contributed by atoms with Crippen LogP contribution in [0, 0.1) is 3.83 Å². The van der Waals surface area contributed by atoms with E-state index in [1.807, 2.05) is 52.9 Å². The van der Waals surface area contributed by atoms with Crippen LogP contribution in [0.5, 0.6) is 0 Å². The molecule has 3 heterocycles. The summed E-state index contributed by atoms with van der Waals surface area (Å²) >= 11 is 1.97. The summed E-state index contributed by atoms with van der Waals surface area (Å²) in [6.45, 7) is 1.85. The zero-order chi connectivity index (χ0) is 34.3. The second-order valence-electron chi connectivity index (χ2n) is 11.2. The first kappa shape index (κ1) is 34.0. The lowest BCUT2D eigenvalue weighted by Crippen LogP contribution is -2.46. The average Bonchev–Trinajstić information content (AvgIpc) is 3.70. The van der Waals surface area contributed by atoms with E-state index in [2.05, 4.69) is 25.6 Å². The lowest BCUT2D eigenvalue weighted by molar-refractivity contribution is -0.137. The highest BCUT2D eigenvalue weighted by Gasteiger charge is 2.54. The van der Waals surface area contributed by atoms with Crippen LogP contribution in [0.4, 0.5) is 5.82 Å². The Bertz CT molecular complexity index is 1910. The number of likely N-dealkylation sites (N-methyl/N-ethyl adjacent to an activating group) is 1. The van der Waals surface area contributed by atoms with Gasteiger partial charge in [-0.1, -0.05) is 66.7 Å². The second kappa shape index (κ2) is 15.5. The Morgan fingerprint density at radius 3 is 2.08 bits per heavy atom. The number of amides is 1. The van der Waals surface area contributed by atoms with Gasteiger partial charge in [0.2, 0.25) is 0 Å². The molecule has 49 heavy (non-hydrogen) atoms. The Hall–Kier alpha value is -4.93. The van der Waals surface area contributed by atoms with Crippen LogP contribution in [0.1, 0.15) is 39.4 Å². The van der Waals surface area contributed by atoms with Crippen LogP contribution in [-0.4, -0.2) is 80.0 Å².